The first-order valence-corrected chi connectivity index (χ1v) is 12.3. The molecule has 0 aromatic heterocycles. The molecule has 0 radical (unpaired) electrons. The minimum absolute atomic E-state index is 0.0248. The van der Waals surface area contributed by atoms with Crippen LogP contribution in [-0.4, -0.2) is 40.7 Å². The predicted molar refractivity (Wildman–Crippen MR) is 122 cm³/mol. The van der Waals surface area contributed by atoms with Crippen LogP contribution in [0.3, 0.4) is 0 Å². The average molecular weight is 460 g/mol. The van der Waals surface area contributed by atoms with E-state index in [1.165, 1.54) is 6.07 Å². The zero-order valence-electron chi connectivity index (χ0n) is 18.1. The number of primary amides is 1. The maximum atomic E-state index is 15.2. The molecular formula is C24H30FN3O3S. The Morgan fingerprint density at radius 1 is 1.22 bits per heavy atom. The molecule has 4 rings (SSSR count). The third-order valence-electron chi connectivity index (χ3n) is 6.44. The van der Waals surface area contributed by atoms with Gasteiger partial charge in [-0.15, -0.1) is 0 Å². The van der Waals surface area contributed by atoms with Crippen LogP contribution in [0.15, 0.2) is 48.5 Å². The summed E-state index contributed by atoms with van der Waals surface area (Å²) in [5, 5.41) is 3.17. The van der Waals surface area contributed by atoms with Crippen molar-refractivity contribution in [1.82, 2.24) is 9.62 Å². The van der Waals surface area contributed by atoms with Crippen LogP contribution in [0.2, 0.25) is 0 Å². The van der Waals surface area contributed by atoms with E-state index in [1.807, 2.05) is 40.7 Å². The lowest BCUT2D eigenvalue weighted by Gasteiger charge is -2.38. The second-order valence-corrected chi connectivity index (χ2v) is 10.1. The maximum Gasteiger partial charge on any atom is 0.231 e. The summed E-state index contributed by atoms with van der Waals surface area (Å²) in [6.45, 7) is 2.06. The Bertz CT molecular complexity index is 966. The van der Waals surface area contributed by atoms with Gasteiger partial charge in [0.15, 0.2) is 0 Å². The average Bonchev–Trinajstić information content (AvgIpc) is 2.81. The van der Waals surface area contributed by atoms with Gasteiger partial charge in [-0.05, 0) is 42.9 Å². The monoisotopic (exact) mass is 459 g/mol. The SMILES string of the molecule is NC(=O)CNC1(c2ccc(CN3CCC[C@H](c4ccccc4)S3=O)c(F)c2)CCOCC1. The van der Waals surface area contributed by atoms with E-state index in [0.717, 1.165) is 24.0 Å². The zero-order chi connectivity index (χ0) is 22.6. The van der Waals surface area contributed by atoms with Crippen molar-refractivity contribution in [3.8, 4) is 0 Å². The smallest absolute Gasteiger partial charge is 0.231 e. The number of nitrogens with zero attached hydrogens (tertiary/aromatic N) is 1. The van der Waals surface area contributed by atoms with Gasteiger partial charge in [0.1, 0.15) is 16.8 Å². The third-order valence-corrected chi connectivity index (χ3v) is 8.26. The van der Waals surface area contributed by atoms with Crippen LogP contribution in [0.25, 0.3) is 0 Å². The van der Waals surface area contributed by atoms with E-state index < -0.39 is 22.4 Å². The van der Waals surface area contributed by atoms with Crippen molar-refractivity contribution >= 4 is 16.9 Å². The molecule has 0 spiro atoms. The van der Waals surface area contributed by atoms with E-state index in [2.05, 4.69) is 5.32 Å². The van der Waals surface area contributed by atoms with Crippen molar-refractivity contribution in [2.75, 3.05) is 26.3 Å². The molecule has 32 heavy (non-hydrogen) atoms. The molecule has 2 atom stereocenters. The Hall–Kier alpha value is -2.13. The number of nitrogens with two attached hydrogens (primary N) is 1. The molecule has 8 heteroatoms. The number of nitrogens with one attached hydrogen (secondary N) is 1. The normalized spacial score (nSPS) is 23.7. The quantitative estimate of drug-likeness (QED) is 0.667. The highest BCUT2D eigenvalue weighted by Crippen LogP contribution is 2.35. The zero-order valence-corrected chi connectivity index (χ0v) is 18.9. The molecule has 3 N–H and O–H groups in total. The molecule has 0 bridgehead atoms. The Balaban J connectivity index is 1.51. The number of halogens is 1. The number of hydrogen-bond donors (Lipinski definition) is 2. The van der Waals surface area contributed by atoms with Gasteiger partial charge < -0.3 is 10.5 Å². The minimum Gasteiger partial charge on any atom is -0.381 e. The summed E-state index contributed by atoms with van der Waals surface area (Å²) in [7, 11) is -1.22. The summed E-state index contributed by atoms with van der Waals surface area (Å²) in [6, 6.07) is 15.1. The lowest BCUT2D eigenvalue weighted by molar-refractivity contribution is -0.117. The molecule has 2 heterocycles. The van der Waals surface area contributed by atoms with E-state index in [9.17, 15) is 9.00 Å². The first-order valence-electron chi connectivity index (χ1n) is 11.1. The molecule has 6 nitrogen and oxygen atoms in total. The predicted octanol–water partition coefficient (Wildman–Crippen LogP) is 2.91. The second kappa shape index (κ2) is 10.2. The number of amides is 1. The minimum atomic E-state index is -1.22. The first-order chi connectivity index (χ1) is 15.5. The number of rotatable bonds is 7. The Labute approximate surface area is 190 Å². The summed E-state index contributed by atoms with van der Waals surface area (Å²) in [5.74, 6) is -0.776. The van der Waals surface area contributed by atoms with Gasteiger partial charge in [0.25, 0.3) is 0 Å². The summed E-state index contributed by atoms with van der Waals surface area (Å²) < 4.78 is 35.7. The van der Waals surface area contributed by atoms with Crippen LogP contribution in [0.4, 0.5) is 4.39 Å². The van der Waals surface area contributed by atoms with E-state index in [4.69, 9.17) is 10.5 Å². The topological polar surface area (TPSA) is 84.7 Å². The maximum absolute atomic E-state index is 15.2. The van der Waals surface area contributed by atoms with Gasteiger partial charge in [-0.25, -0.2) is 12.9 Å². The number of carbonyl (C=O) groups excluding carboxylic acids is 1. The second-order valence-electron chi connectivity index (χ2n) is 8.50. The van der Waals surface area contributed by atoms with Crippen molar-refractivity contribution in [3.63, 3.8) is 0 Å². The van der Waals surface area contributed by atoms with Crippen LogP contribution in [-0.2, 0) is 32.6 Å². The molecule has 1 amide bonds. The van der Waals surface area contributed by atoms with Crippen LogP contribution in [0, 0.1) is 5.82 Å². The Kier molecular flexibility index (Phi) is 7.35. The molecule has 2 aromatic carbocycles. The van der Waals surface area contributed by atoms with E-state index in [0.29, 0.717) is 44.7 Å². The fraction of sp³-hybridized carbons (Fsp3) is 0.458. The number of benzene rings is 2. The van der Waals surface area contributed by atoms with Gasteiger partial charge in [0.2, 0.25) is 5.91 Å². The molecule has 2 aliphatic rings. The fourth-order valence-electron chi connectivity index (χ4n) is 4.62. The van der Waals surface area contributed by atoms with E-state index in [-0.39, 0.29) is 17.6 Å². The van der Waals surface area contributed by atoms with Gasteiger partial charge in [0, 0.05) is 37.4 Å². The van der Waals surface area contributed by atoms with E-state index >= 15 is 4.39 Å². The van der Waals surface area contributed by atoms with Crippen molar-refractivity contribution < 1.29 is 18.1 Å². The molecular weight excluding hydrogens is 429 g/mol. The highest BCUT2D eigenvalue weighted by atomic mass is 32.2. The molecule has 0 aliphatic carbocycles. The van der Waals surface area contributed by atoms with Gasteiger partial charge in [-0.2, -0.15) is 0 Å². The van der Waals surface area contributed by atoms with Crippen LogP contribution < -0.4 is 11.1 Å². The molecule has 2 aliphatic heterocycles. The third kappa shape index (κ3) is 5.09. The Morgan fingerprint density at radius 2 is 1.97 bits per heavy atom. The molecule has 2 aromatic rings. The van der Waals surface area contributed by atoms with Gasteiger partial charge >= 0.3 is 0 Å². The fourth-order valence-corrected chi connectivity index (χ4v) is 6.32. The summed E-state index contributed by atoms with van der Waals surface area (Å²) in [5.41, 5.74) is 7.15. The summed E-state index contributed by atoms with van der Waals surface area (Å²) in [6.07, 6.45) is 3.05. The first kappa shape index (κ1) is 23.0. The number of carbonyl (C=O) groups is 1. The lowest BCUT2D eigenvalue weighted by Crippen LogP contribution is -2.49. The molecule has 2 fully saturated rings. The summed E-state index contributed by atoms with van der Waals surface area (Å²) in [4.78, 5) is 11.3. The summed E-state index contributed by atoms with van der Waals surface area (Å²) >= 11 is 0. The lowest BCUT2D eigenvalue weighted by atomic mass is 9.82. The Morgan fingerprint density at radius 3 is 2.66 bits per heavy atom. The van der Waals surface area contributed by atoms with Crippen molar-refractivity contribution in [2.24, 2.45) is 5.73 Å². The van der Waals surface area contributed by atoms with Crippen LogP contribution in [0.1, 0.15) is 47.6 Å². The van der Waals surface area contributed by atoms with Gasteiger partial charge in [0.05, 0.1) is 11.8 Å². The van der Waals surface area contributed by atoms with Crippen molar-refractivity contribution in [3.05, 3.63) is 71.0 Å². The highest BCUT2D eigenvalue weighted by Gasteiger charge is 2.35. The number of ether oxygens (including phenoxy) is 1. The van der Waals surface area contributed by atoms with Gasteiger partial charge in [-0.1, -0.05) is 42.5 Å². The number of hydrogen-bond acceptors (Lipinski definition) is 4. The van der Waals surface area contributed by atoms with Gasteiger partial charge in [-0.3, -0.25) is 10.1 Å². The molecule has 172 valence electrons. The molecule has 0 saturated carbocycles. The molecule has 2 saturated heterocycles. The largest absolute Gasteiger partial charge is 0.381 e. The highest BCUT2D eigenvalue weighted by molar-refractivity contribution is 7.82. The molecule has 1 unspecified atom stereocenters. The van der Waals surface area contributed by atoms with Crippen LogP contribution >= 0.6 is 0 Å². The van der Waals surface area contributed by atoms with Crippen molar-refractivity contribution in [1.29, 1.82) is 0 Å². The standard InChI is InChI=1S/C24H30FN3O3S/c25-21-15-20(24(27-16-23(26)29)10-13-31-14-11-24)9-8-19(21)17-28-12-4-7-22(32(28)30)18-5-2-1-3-6-18/h1-3,5-6,8-9,15,22,27H,4,7,10-14,16-17H2,(H2,26,29)/t22-,32?/m1/s1. The van der Waals surface area contributed by atoms with Crippen LogP contribution in [0.5, 0.6) is 0 Å². The van der Waals surface area contributed by atoms with E-state index in [1.54, 1.807) is 6.07 Å². The van der Waals surface area contributed by atoms with Crippen molar-refractivity contribution in [2.45, 2.75) is 43.0 Å².